The minimum absolute atomic E-state index is 0.0363. The third kappa shape index (κ3) is 2.89. The van der Waals surface area contributed by atoms with Gasteiger partial charge in [-0.2, -0.15) is 0 Å². The Morgan fingerprint density at radius 1 is 1.32 bits per heavy atom. The van der Waals surface area contributed by atoms with Gasteiger partial charge in [-0.15, -0.1) is 0 Å². The first-order chi connectivity index (χ1) is 9.33. The van der Waals surface area contributed by atoms with Crippen LogP contribution in [0.1, 0.15) is 30.4 Å². The molecule has 2 aliphatic heterocycles. The third-order valence-corrected chi connectivity index (χ3v) is 3.89. The Kier molecular flexibility index (Phi) is 3.69. The van der Waals surface area contributed by atoms with E-state index in [0.29, 0.717) is 12.6 Å². The van der Waals surface area contributed by atoms with Crippen molar-refractivity contribution >= 4 is 6.03 Å². The van der Waals surface area contributed by atoms with Crippen LogP contribution in [0.5, 0.6) is 0 Å². The predicted molar refractivity (Wildman–Crippen MR) is 72.7 cm³/mol. The summed E-state index contributed by atoms with van der Waals surface area (Å²) >= 11 is 0. The first-order valence-corrected chi connectivity index (χ1v) is 7.04. The van der Waals surface area contributed by atoms with Crippen LogP contribution in [0.25, 0.3) is 0 Å². The van der Waals surface area contributed by atoms with Gasteiger partial charge in [0.15, 0.2) is 0 Å². The predicted octanol–water partition coefficient (Wildman–Crippen LogP) is 2.28. The molecular weight excluding hydrogens is 240 g/mol. The van der Waals surface area contributed by atoms with Crippen molar-refractivity contribution in [1.29, 1.82) is 0 Å². The maximum absolute atomic E-state index is 12.1. The molecule has 4 nitrogen and oxygen atoms in total. The maximum Gasteiger partial charge on any atom is 0.318 e. The average Bonchev–Trinajstić information content (AvgIpc) is 3.07. The van der Waals surface area contributed by atoms with Crippen molar-refractivity contribution < 1.29 is 9.53 Å². The number of hydrogen-bond acceptors (Lipinski definition) is 2. The van der Waals surface area contributed by atoms with Crippen LogP contribution in [-0.2, 0) is 17.8 Å². The summed E-state index contributed by atoms with van der Waals surface area (Å²) < 4.78 is 5.55. The Morgan fingerprint density at radius 2 is 2.05 bits per heavy atom. The Labute approximate surface area is 113 Å². The zero-order chi connectivity index (χ0) is 13.1. The first-order valence-electron chi connectivity index (χ1n) is 7.04. The number of fused-ring (bicyclic) bond motifs is 1. The summed E-state index contributed by atoms with van der Waals surface area (Å²) in [5, 5.41) is 2.99. The van der Waals surface area contributed by atoms with E-state index in [1.54, 1.807) is 0 Å². The Bertz CT molecular complexity index is 430. The molecule has 2 aliphatic rings. The van der Waals surface area contributed by atoms with Gasteiger partial charge in [-0.1, -0.05) is 24.3 Å². The highest BCUT2D eigenvalue weighted by Gasteiger charge is 2.23. The first kappa shape index (κ1) is 12.5. The monoisotopic (exact) mass is 260 g/mol. The number of benzene rings is 1. The lowest BCUT2D eigenvalue weighted by molar-refractivity contribution is 0.104. The van der Waals surface area contributed by atoms with Crippen molar-refractivity contribution in [2.24, 2.45) is 0 Å². The molecule has 4 heteroatoms. The molecule has 0 spiro atoms. The molecule has 102 valence electrons. The molecule has 0 saturated carbocycles. The quantitative estimate of drug-likeness (QED) is 0.906. The zero-order valence-electron chi connectivity index (χ0n) is 11.1. The van der Waals surface area contributed by atoms with E-state index in [1.807, 2.05) is 17.0 Å². The Hall–Kier alpha value is -1.55. The summed E-state index contributed by atoms with van der Waals surface area (Å²) in [6, 6.07) is 8.27. The van der Waals surface area contributed by atoms with Crippen LogP contribution in [-0.4, -0.2) is 30.2 Å². The minimum atomic E-state index is 0.0363. The van der Waals surface area contributed by atoms with E-state index in [4.69, 9.17) is 4.74 Å². The number of ether oxygens (including phenoxy) is 1. The van der Waals surface area contributed by atoms with Gasteiger partial charge in [0.2, 0.25) is 0 Å². The van der Waals surface area contributed by atoms with Crippen LogP contribution >= 0.6 is 0 Å². The summed E-state index contributed by atoms with van der Waals surface area (Å²) in [6.45, 7) is 3.03. The molecule has 19 heavy (non-hydrogen) atoms. The smallest absolute Gasteiger partial charge is 0.318 e. The molecule has 1 saturated heterocycles. The van der Waals surface area contributed by atoms with E-state index in [-0.39, 0.29) is 6.03 Å². The van der Waals surface area contributed by atoms with Gasteiger partial charge in [0.1, 0.15) is 0 Å². The number of urea groups is 1. The number of nitrogens with zero attached hydrogens (tertiary/aromatic N) is 1. The second kappa shape index (κ2) is 5.61. The van der Waals surface area contributed by atoms with Crippen molar-refractivity contribution in [3.8, 4) is 0 Å². The highest BCUT2D eigenvalue weighted by molar-refractivity contribution is 5.75. The van der Waals surface area contributed by atoms with Gasteiger partial charge in [0.25, 0.3) is 0 Å². The van der Waals surface area contributed by atoms with Crippen LogP contribution in [0.2, 0.25) is 0 Å². The lowest BCUT2D eigenvalue weighted by atomic mass is 10.1. The van der Waals surface area contributed by atoms with Gasteiger partial charge in [-0.25, -0.2) is 4.79 Å². The van der Waals surface area contributed by atoms with Crippen LogP contribution in [0, 0.1) is 0 Å². The summed E-state index contributed by atoms with van der Waals surface area (Å²) in [6.07, 6.45) is 3.55. The highest BCUT2D eigenvalue weighted by Crippen LogP contribution is 2.22. The van der Waals surface area contributed by atoms with Gasteiger partial charge in [-0.05, 0) is 30.4 Å². The maximum atomic E-state index is 12.1. The van der Waals surface area contributed by atoms with E-state index >= 15 is 0 Å². The van der Waals surface area contributed by atoms with Gasteiger partial charge >= 0.3 is 6.03 Å². The zero-order valence-corrected chi connectivity index (χ0v) is 11.1. The van der Waals surface area contributed by atoms with Gasteiger partial charge in [-0.3, -0.25) is 0 Å². The summed E-state index contributed by atoms with van der Waals surface area (Å²) in [7, 11) is 0. The SMILES string of the molecule is O=C(NCCC1CCCO1)N1Cc2ccccc2C1. The summed E-state index contributed by atoms with van der Waals surface area (Å²) in [5.74, 6) is 0. The van der Waals surface area contributed by atoms with Crippen LogP contribution in [0.4, 0.5) is 4.79 Å². The molecule has 2 amide bonds. The van der Waals surface area contributed by atoms with Crippen LogP contribution in [0.15, 0.2) is 24.3 Å². The second-order valence-corrected chi connectivity index (χ2v) is 5.28. The number of nitrogens with one attached hydrogen (secondary N) is 1. The average molecular weight is 260 g/mol. The van der Waals surface area contributed by atoms with Crippen molar-refractivity contribution in [2.45, 2.75) is 38.5 Å². The van der Waals surface area contributed by atoms with Gasteiger partial charge < -0.3 is 15.0 Å². The molecular formula is C15H20N2O2. The van der Waals surface area contributed by atoms with E-state index < -0.39 is 0 Å². The lowest BCUT2D eigenvalue weighted by Crippen LogP contribution is -2.37. The standard InChI is InChI=1S/C15H20N2O2/c18-15(16-8-7-14-6-3-9-19-14)17-10-12-4-1-2-5-13(12)11-17/h1-2,4-5,14H,3,6-11H2,(H,16,18). The fourth-order valence-electron chi connectivity index (χ4n) is 2.80. The fraction of sp³-hybridized carbons (Fsp3) is 0.533. The number of amides is 2. The summed E-state index contributed by atoms with van der Waals surface area (Å²) in [5.41, 5.74) is 2.52. The van der Waals surface area contributed by atoms with E-state index in [0.717, 1.165) is 39.0 Å². The highest BCUT2D eigenvalue weighted by atomic mass is 16.5. The number of rotatable bonds is 3. The summed E-state index contributed by atoms with van der Waals surface area (Å²) in [4.78, 5) is 13.9. The third-order valence-electron chi connectivity index (χ3n) is 3.89. The fourth-order valence-corrected chi connectivity index (χ4v) is 2.80. The molecule has 1 aromatic carbocycles. The molecule has 1 unspecified atom stereocenters. The molecule has 0 radical (unpaired) electrons. The largest absolute Gasteiger partial charge is 0.378 e. The topological polar surface area (TPSA) is 41.6 Å². The van der Waals surface area contributed by atoms with Crippen LogP contribution < -0.4 is 5.32 Å². The van der Waals surface area contributed by atoms with Crippen LogP contribution in [0.3, 0.4) is 0 Å². The molecule has 1 N–H and O–H groups in total. The molecule has 3 rings (SSSR count). The molecule has 0 aromatic heterocycles. The van der Waals surface area contributed by atoms with Crippen molar-refractivity contribution in [3.05, 3.63) is 35.4 Å². The van der Waals surface area contributed by atoms with Crippen molar-refractivity contribution in [3.63, 3.8) is 0 Å². The lowest BCUT2D eigenvalue weighted by Gasteiger charge is -2.17. The minimum Gasteiger partial charge on any atom is -0.378 e. The van der Waals surface area contributed by atoms with Gasteiger partial charge in [0, 0.05) is 26.2 Å². The normalized spacial score (nSPS) is 21.5. The molecule has 1 aromatic rings. The molecule has 0 aliphatic carbocycles. The van der Waals surface area contributed by atoms with E-state index in [1.165, 1.54) is 11.1 Å². The molecule has 1 atom stereocenters. The molecule has 1 fully saturated rings. The molecule has 2 heterocycles. The Balaban J connectivity index is 1.44. The number of hydrogen-bond donors (Lipinski definition) is 1. The van der Waals surface area contributed by atoms with Crippen molar-refractivity contribution in [1.82, 2.24) is 10.2 Å². The number of carbonyl (C=O) groups excluding carboxylic acids is 1. The number of carbonyl (C=O) groups is 1. The van der Waals surface area contributed by atoms with E-state index in [9.17, 15) is 4.79 Å². The van der Waals surface area contributed by atoms with Gasteiger partial charge in [0.05, 0.1) is 6.10 Å². The molecule has 0 bridgehead atoms. The second-order valence-electron chi connectivity index (χ2n) is 5.28. The van der Waals surface area contributed by atoms with Crippen molar-refractivity contribution in [2.75, 3.05) is 13.2 Å². The van der Waals surface area contributed by atoms with E-state index in [2.05, 4.69) is 17.4 Å². The Morgan fingerprint density at radius 3 is 2.68 bits per heavy atom.